The lowest BCUT2D eigenvalue weighted by Gasteiger charge is -2.39. The van der Waals surface area contributed by atoms with Crippen molar-refractivity contribution in [2.45, 2.75) is 65.2 Å². The quantitative estimate of drug-likeness (QED) is 0.810. The van der Waals surface area contributed by atoms with E-state index < -0.39 is 0 Å². The number of nitrogens with two attached hydrogens (primary N) is 1. The van der Waals surface area contributed by atoms with Crippen molar-refractivity contribution in [1.82, 2.24) is 15.2 Å². The minimum atomic E-state index is 0.200. The maximum absolute atomic E-state index is 5.93. The van der Waals surface area contributed by atoms with Crippen LogP contribution in [-0.2, 0) is 0 Å². The highest BCUT2D eigenvalue weighted by Crippen LogP contribution is 2.31. The number of aromatic nitrogens is 3. The molecule has 1 aliphatic rings. The van der Waals surface area contributed by atoms with Gasteiger partial charge in [0.05, 0.1) is 0 Å². The molecule has 1 fully saturated rings. The van der Waals surface area contributed by atoms with Crippen LogP contribution in [0, 0.1) is 5.41 Å². The van der Waals surface area contributed by atoms with Gasteiger partial charge in [-0.15, -0.1) is 5.10 Å². The van der Waals surface area contributed by atoms with Crippen LogP contribution in [0.2, 0.25) is 0 Å². The van der Waals surface area contributed by atoms with Gasteiger partial charge in [0.2, 0.25) is 5.95 Å². The first-order chi connectivity index (χ1) is 10.1. The van der Waals surface area contributed by atoms with Gasteiger partial charge >= 0.3 is 0 Å². The van der Waals surface area contributed by atoms with Crippen molar-refractivity contribution in [2.24, 2.45) is 11.1 Å². The molecule has 1 saturated heterocycles. The van der Waals surface area contributed by atoms with E-state index in [9.17, 15) is 0 Å². The zero-order valence-electron chi connectivity index (χ0n) is 13.9. The van der Waals surface area contributed by atoms with Gasteiger partial charge in [-0.1, -0.05) is 33.6 Å². The van der Waals surface area contributed by atoms with Gasteiger partial charge in [-0.3, -0.25) is 5.10 Å². The average molecular weight is 293 g/mol. The Bertz CT molecular complexity index is 430. The smallest absolute Gasteiger partial charge is 0.244 e. The van der Waals surface area contributed by atoms with E-state index in [1.54, 1.807) is 0 Å². The number of unbranched alkanes of at least 4 members (excludes halogenated alkanes) is 1. The number of aromatic amines is 1. The maximum Gasteiger partial charge on any atom is 0.244 e. The fourth-order valence-corrected chi connectivity index (χ4v) is 3.23. The number of rotatable bonds is 7. The van der Waals surface area contributed by atoms with E-state index in [4.69, 9.17) is 10.7 Å². The lowest BCUT2D eigenvalue weighted by molar-refractivity contribution is 0.270. The number of hydrogen-bond acceptors (Lipinski definition) is 4. The van der Waals surface area contributed by atoms with E-state index in [1.807, 2.05) is 0 Å². The molecule has 5 heteroatoms. The van der Waals surface area contributed by atoms with Gasteiger partial charge in [0.25, 0.3) is 0 Å². The first-order valence-corrected chi connectivity index (χ1v) is 8.49. The van der Waals surface area contributed by atoms with Gasteiger partial charge in [-0.25, -0.2) is 0 Å². The average Bonchev–Trinajstić information content (AvgIpc) is 2.98. The van der Waals surface area contributed by atoms with E-state index in [-0.39, 0.29) is 5.41 Å². The molecule has 0 radical (unpaired) electrons. The molecule has 2 heterocycles. The molecular weight excluding hydrogens is 262 g/mol. The topological polar surface area (TPSA) is 70.8 Å². The van der Waals surface area contributed by atoms with E-state index >= 15 is 0 Å². The highest BCUT2D eigenvalue weighted by atomic mass is 15.4. The Morgan fingerprint density at radius 1 is 1.43 bits per heavy atom. The molecule has 5 nitrogen and oxygen atoms in total. The van der Waals surface area contributed by atoms with E-state index in [0.29, 0.717) is 5.92 Å². The van der Waals surface area contributed by atoms with Crippen LogP contribution in [0.4, 0.5) is 5.95 Å². The number of anilines is 1. The summed E-state index contributed by atoms with van der Waals surface area (Å²) in [4.78, 5) is 7.07. The van der Waals surface area contributed by atoms with Crippen molar-refractivity contribution in [3.05, 3.63) is 5.82 Å². The van der Waals surface area contributed by atoms with E-state index in [1.165, 1.54) is 32.1 Å². The second kappa shape index (κ2) is 7.25. The van der Waals surface area contributed by atoms with Gasteiger partial charge in [-0.05, 0) is 37.6 Å². The third-order valence-electron chi connectivity index (χ3n) is 4.83. The molecule has 21 heavy (non-hydrogen) atoms. The van der Waals surface area contributed by atoms with Crippen LogP contribution in [0.15, 0.2) is 0 Å². The van der Waals surface area contributed by atoms with Crippen molar-refractivity contribution >= 4 is 5.95 Å². The molecule has 3 N–H and O–H groups in total. The predicted molar refractivity (Wildman–Crippen MR) is 87.5 cm³/mol. The summed E-state index contributed by atoms with van der Waals surface area (Å²) in [7, 11) is 0. The van der Waals surface area contributed by atoms with Gasteiger partial charge in [0, 0.05) is 19.0 Å². The number of nitrogens with one attached hydrogen (secondary N) is 1. The summed E-state index contributed by atoms with van der Waals surface area (Å²) in [6.45, 7) is 9.47. The Labute approximate surface area is 128 Å². The predicted octanol–water partition coefficient (Wildman–Crippen LogP) is 3.05. The normalized spacial score (nSPS) is 24.3. The molecule has 0 spiro atoms. The summed E-state index contributed by atoms with van der Waals surface area (Å²) in [5.41, 5.74) is 6.13. The number of piperidine rings is 1. The first kappa shape index (κ1) is 16.3. The molecule has 0 amide bonds. The highest BCUT2D eigenvalue weighted by Gasteiger charge is 2.31. The van der Waals surface area contributed by atoms with Gasteiger partial charge in [0.15, 0.2) is 0 Å². The Balaban J connectivity index is 2.04. The van der Waals surface area contributed by atoms with Crippen molar-refractivity contribution in [3.63, 3.8) is 0 Å². The van der Waals surface area contributed by atoms with Crippen molar-refractivity contribution in [2.75, 3.05) is 24.5 Å². The fourth-order valence-electron chi connectivity index (χ4n) is 3.23. The minimum absolute atomic E-state index is 0.200. The Hall–Kier alpha value is -1.10. The van der Waals surface area contributed by atoms with Gasteiger partial charge in [-0.2, -0.15) is 4.98 Å². The summed E-state index contributed by atoms with van der Waals surface area (Å²) in [5, 5.41) is 7.64. The lowest BCUT2D eigenvalue weighted by Crippen LogP contribution is -2.46. The molecule has 2 atom stereocenters. The molecule has 2 unspecified atom stereocenters. The lowest BCUT2D eigenvalue weighted by atomic mass is 9.82. The van der Waals surface area contributed by atoms with Crippen LogP contribution >= 0.6 is 0 Å². The molecule has 1 aliphatic heterocycles. The monoisotopic (exact) mass is 293 g/mol. The zero-order chi connectivity index (χ0) is 15.3. The zero-order valence-corrected chi connectivity index (χ0v) is 13.9. The molecule has 0 aromatic carbocycles. The first-order valence-electron chi connectivity index (χ1n) is 8.49. The van der Waals surface area contributed by atoms with E-state index in [0.717, 1.165) is 37.8 Å². The highest BCUT2D eigenvalue weighted by molar-refractivity contribution is 5.31. The molecule has 0 saturated carbocycles. The van der Waals surface area contributed by atoms with Crippen LogP contribution in [0.1, 0.15) is 71.0 Å². The molecule has 2 rings (SSSR count). The SMILES string of the molecule is CCCCC(CC)c1nc(N2CCCC(C)(CN)C2)n[nH]1. The molecular formula is C16H31N5. The fraction of sp³-hybridized carbons (Fsp3) is 0.875. The number of hydrogen-bond donors (Lipinski definition) is 2. The summed E-state index contributed by atoms with van der Waals surface area (Å²) < 4.78 is 0. The molecule has 1 aromatic rings. The van der Waals surface area contributed by atoms with Crippen LogP contribution in [0.5, 0.6) is 0 Å². The van der Waals surface area contributed by atoms with Crippen LogP contribution in [-0.4, -0.2) is 34.8 Å². The Morgan fingerprint density at radius 2 is 2.24 bits per heavy atom. The van der Waals surface area contributed by atoms with E-state index in [2.05, 4.69) is 35.9 Å². The van der Waals surface area contributed by atoms with Crippen molar-refractivity contribution < 1.29 is 0 Å². The minimum Gasteiger partial charge on any atom is -0.339 e. The molecule has 120 valence electrons. The second-order valence-corrected chi connectivity index (χ2v) is 6.81. The number of H-pyrrole nitrogens is 1. The summed E-state index contributed by atoms with van der Waals surface area (Å²) >= 11 is 0. The van der Waals surface area contributed by atoms with Crippen molar-refractivity contribution in [1.29, 1.82) is 0 Å². The third-order valence-corrected chi connectivity index (χ3v) is 4.83. The van der Waals surface area contributed by atoms with Crippen LogP contribution in [0.25, 0.3) is 0 Å². The summed E-state index contributed by atoms with van der Waals surface area (Å²) in [6.07, 6.45) is 7.18. The third kappa shape index (κ3) is 3.96. The summed E-state index contributed by atoms with van der Waals surface area (Å²) in [6, 6.07) is 0. The second-order valence-electron chi connectivity index (χ2n) is 6.81. The van der Waals surface area contributed by atoms with Gasteiger partial charge < -0.3 is 10.6 Å². The van der Waals surface area contributed by atoms with Crippen LogP contribution in [0.3, 0.4) is 0 Å². The Morgan fingerprint density at radius 3 is 2.90 bits per heavy atom. The largest absolute Gasteiger partial charge is 0.339 e. The Kier molecular flexibility index (Phi) is 5.62. The molecule has 1 aromatic heterocycles. The van der Waals surface area contributed by atoms with Crippen LogP contribution < -0.4 is 10.6 Å². The standard InChI is InChI=1S/C16H31N5/c1-4-6-8-13(5-2)14-18-15(20-19-14)21-10-7-9-16(3,11-17)12-21/h13H,4-12,17H2,1-3H3,(H,18,19,20). The maximum atomic E-state index is 5.93. The molecule has 0 aliphatic carbocycles. The van der Waals surface area contributed by atoms with Crippen molar-refractivity contribution in [3.8, 4) is 0 Å². The molecule has 0 bridgehead atoms. The van der Waals surface area contributed by atoms with Gasteiger partial charge in [0.1, 0.15) is 5.82 Å². The number of nitrogens with zero attached hydrogens (tertiary/aromatic N) is 3. The summed E-state index contributed by atoms with van der Waals surface area (Å²) in [5.74, 6) is 2.43.